The molecular weight excluding hydrogens is 212 g/mol. The van der Waals surface area contributed by atoms with Gasteiger partial charge in [0.2, 0.25) is 0 Å². The average Bonchev–Trinajstić information content (AvgIpc) is 2.29. The van der Waals surface area contributed by atoms with Crippen LogP contribution in [0.5, 0.6) is 0 Å². The number of fused-ring (bicyclic) bond motifs is 1. The summed E-state index contributed by atoms with van der Waals surface area (Å²) in [6.07, 6.45) is 3.24. The molecule has 1 aliphatic rings. The second-order valence-electron chi connectivity index (χ2n) is 4.94. The molecule has 1 aliphatic carbocycles. The normalized spacial score (nSPS) is 17.9. The first kappa shape index (κ1) is 10.5. The second kappa shape index (κ2) is 3.70. The van der Waals surface area contributed by atoms with E-state index in [1.807, 2.05) is 30.3 Å². The van der Waals surface area contributed by atoms with E-state index in [0.29, 0.717) is 6.54 Å². The molecule has 2 aromatic rings. The van der Waals surface area contributed by atoms with Crippen LogP contribution in [-0.2, 0) is 5.41 Å². The van der Waals surface area contributed by atoms with Crippen LogP contribution < -0.4 is 11.3 Å². The summed E-state index contributed by atoms with van der Waals surface area (Å²) < 4.78 is 0. The van der Waals surface area contributed by atoms with Crippen LogP contribution in [0.15, 0.2) is 35.1 Å². The van der Waals surface area contributed by atoms with Gasteiger partial charge in [-0.25, -0.2) is 0 Å². The van der Waals surface area contributed by atoms with Crippen LogP contribution in [0.1, 0.15) is 24.8 Å². The van der Waals surface area contributed by atoms with Crippen molar-refractivity contribution in [2.75, 3.05) is 6.54 Å². The average molecular weight is 228 g/mol. The van der Waals surface area contributed by atoms with Gasteiger partial charge in [-0.3, -0.25) is 4.79 Å². The monoisotopic (exact) mass is 228 g/mol. The van der Waals surface area contributed by atoms with Crippen molar-refractivity contribution in [3.05, 3.63) is 46.2 Å². The Kier molecular flexibility index (Phi) is 2.30. The molecule has 1 saturated carbocycles. The van der Waals surface area contributed by atoms with Gasteiger partial charge in [0, 0.05) is 23.0 Å². The maximum Gasteiger partial charge on any atom is 0.252 e. The minimum absolute atomic E-state index is 0.0221. The molecule has 17 heavy (non-hydrogen) atoms. The van der Waals surface area contributed by atoms with Crippen molar-refractivity contribution in [1.29, 1.82) is 0 Å². The minimum Gasteiger partial charge on any atom is -0.330 e. The van der Waals surface area contributed by atoms with Gasteiger partial charge in [-0.15, -0.1) is 0 Å². The van der Waals surface area contributed by atoms with Crippen molar-refractivity contribution < 1.29 is 0 Å². The molecule has 0 spiro atoms. The lowest BCUT2D eigenvalue weighted by molar-refractivity contribution is 0.251. The summed E-state index contributed by atoms with van der Waals surface area (Å²) in [6.45, 7) is 0.564. The van der Waals surface area contributed by atoms with Crippen LogP contribution in [0.3, 0.4) is 0 Å². The third-order valence-corrected chi connectivity index (χ3v) is 4.03. The van der Waals surface area contributed by atoms with E-state index in [1.54, 1.807) is 0 Å². The molecule has 1 heterocycles. The van der Waals surface area contributed by atoms with Gasteiger partial charge in [-0.2, -0.15) is 0 Å². The Hall–Kier alpha value is -1.61. The number of aromatic nitrogens is 1. The van der Waals surface area contributed by atoms with Crippen LogP contribution in [0.25, 0.3) is 10.9 Å². The number of hydrogen-bond donors (Lipinski definition) is 2. The Morgan fingerprint density at radius 1 is 1.29 bits per heavy atom. The number of aromatic amines is 1. The predicted octanol–water partition coefficient (Wildman–Crippen LogP) is 1.91. The van der Waals surface area contributed by atoms with Crippen LogP contribution in [0.2, 0.25) is 0 Å². The molecule has 3 nitrogen and oxygen atoms in total. The molecule has 0 bridgehead atoms. The van der Waals surface area contributed by atoms with Crippen LogP contribution >= 0.6 is 0 Å². The van der Waals surface area contributed by atoms with Gasteiger partial charge in [-0.1, -0.05) is 24.6 Å². The summed E-state index contributed by atoms with van der Waals surface area (Å²) in [5.41, 5.74) is 7.57. The van der Waals surface area contributed by atoms with Gasteiger partial charge in [0.1, 0.15) is 0 Å². The predicted molar refractivity (Wildman–Crippen MR) is 69.2 cm³/mol. The molecule has 1 aromatic heterocycles. The zero-order chi connectivity index (χ0) is 11.9. The second-order valence-corrected chi connectivity index (χ2v) is 4.94. The maximum absolute atomic E-state index is 12.1. The molecule has 1 aromatic carbocycles. The van der Waals surface area contributed by atoms with Gasteiger partial charge in [-0.05, 0) is 30.4 Å². The fourth-order valence-corrected chi connectivity index (χ4v) is 2.73. The molecule has 0 saturated heterocycles. The highest BCUT2D eigenvalue weighted by Crippen LogP contribution is 2.41. The van der Waals surface area contributed by atoms with Crippen molar-refractivity contribution in [3.8, 4) is 0 Å². The zero-order valence-corrected chi connectivity index (χ0v) is 9.70. The van der Waals surface area contributed by atoms with E-state index in [4.69, 9.17) is 5.73 Å². The first-order valence-electron chi connectivity index (χ1n) is 6.08. The number of pyridine rings is 1. The highest BCUT2D eigenvalue weighted by molar-refractivity contribution is 5.79. The maximum atomic E-state index is 12.1. The largest absolute Gasteiger partial charge is 0.330 e. The third-order valence-electron chi connectivity index (χ3n) is 4.03. The number of nitrogens with two attached hydrogens (primary N) is 1. The van der Waals surface area contributed by atoms with Crippen molar-refractivity contribution in [1.82, 2.24) is 4.98 Å². The molecular formula is C14H16N2O. The quantitative estimate of drug-likeness (QED) is 0.824. The Morgan fingerprint density at radius 3 is 2.71 bits per heavy atom. The molecule has 0 atom stereocenters. The third kappa shape index (κ3) is 1.50. The highest BCUT2D eigenvalue weighted by atomic mass is 16.1. The summed E-state index contributed by atoms with van der Waals surface area (Å²) in [6, 6.07) is 9.88. The van der Waals surface area contributed by atoms with E-state index >= 15 is 0 Å². The Balaban J connectivity index is 2.23. The number of rotatable bonds is 2. The molecule has 0 aliphatic heterocycles. The van der Waals surface area contributed by atoms with Gasteiger partial charge < -0.3 is 10.7 Å². The topological polar surface area (TPSA) is 58.9 Å². The molecule has 1 fully saturated rings. The van der Waals surface area contributed by atoms with Crippen LogP contribution in [0, 0.1) is 0 Å². The molecule has 3 N–H and O–H groups in total. The Bertz CT molecular complexity index is 605. The van der Waals surface area contributed by atoms with Crippen molar-refractivity contribution in [2.24, 2.45) is 5.73 Å². The number of hydrogen-bond acceptors (Lipinski definition) is 2. The lowest BCUT2D eigenvalue weighted by atomic mass is 9.64. The van der Waals surface area contributed by atoms with E-state index in [-0.39, 0.29) is 11.0 Å². The molecule has 0 unspecified atom stereocenters. The van der Waals surface area contributed by atoms with E-state index in [1.165, 1.54) is 6.42 Å². The van der Waals surface area contributed by atoms with Crippen LogP contribution in [-0.4, -0.2) is 11.5 Å². The fourth-order valence-electron chi connectivity index (χ4n) is 2.73. The summed E-state index contributed by atoms with van der Waals surface area (Å²) in [4.78, 5) is 15.1. The van der Waals surface area contributed by atoms with Gasteiger partial charge >= 0.3 is 0 Å². The number of para-hydroxylation sites is 1. The van der Waals surface area contributed by atoms with E-state index < -0.39 is 0 Å². The van der Waals surface area contributed by atoms with E-state index in [9.17, 15) is 4.79 Å². The standard InChI is InChI=1S/C14H16N2O/c15-9-14(6-3-7-14)11-8-10-4-1-2-5-12(10)16-13(11)17/h1-2,4-5,8H,3,6-7,9,15H2,(H,16,17). The molecule has 0 radical (unpaired) electrons. The Labute approximate surface area is 99.7 Å². The number of nitrogens with one attached hydrogen (secondary N) is 1. The number of H-pyrrole nitrogens is 1. The lowest BCUT2D eigenvalue weighted by Crippen LogP contribution is -2.45. The summed E-state index contributed by atoms with van der Waals surface area (Å²) >= 11 is 0. The SMILES string of the molecule is NCC1(c2cc3ccccc3[nH]c2=O)CCC1. The minimum atomic E-state index is -0.0718. The summed E-state index contributed by atoms with van der Waals surface area (Å²) in [7, 11) is 0. The molecule has 88 valence electrons. The van der Waals surface area contributed by atoms with Crippen molar-refractivity contribution in [3.63, 3.8) is 0 Å². The highest BCUT2D eigenvalue weighted by Gasteiger charge is 2.39. The van der Waals surface area contributed by atoms with Gasteiger partial charge in [0.15, 0.2) is 0 Å². The van der Waals surface area contributed by atoms with Crippen molar-refractivity contribution in [2.45, 2.75) is 24.7 Å². The molecule has 0 amide bonds. The summed E-state index contributed by atoms with van der Waals surface area (Å²) in [5, 5.41) is 1.09. The fraction of sp³-hybridized carbons (Fsp3) is 0.357. The summed E-state index contributed by atoms with van der Waals surface area (Å²) in [5.74, 6) is 0. The zero-order valence-electron chi connectivity index (χ0n) is 9.70. The number of benzene rings is 1. The van der Waals surface area contributed by atoms with Gasteiger partial charge in [0.05, 0.1) is 0 Å². The smallest absolute Gasteiger partial charge is 0.252 e. The van der Waals surface area contributed by atoms with Gasteiger partial charge in [0.25, 0.3) is 5.56 Å². The Morgan fingerprint density at radius 2 is 2.06 bits per heavy atom. The lowest BCUT2D eigenvalue weighted by Gasteiger charge is -2.40. The first-order valence-corrected chi connectivity index (χ1v) is 6.08. The van der Waals surface area contributed by atoms with Crippen LogP contribution in [0.4, 0.5) is 0 Å². The van der Waals surface area contributed by atoms with Crippen molar-refractivity contribution >= 4 is 10.9 Å². The molecule has 3 heteroatoms. The van der Waals surface area contributed by atoms with E-state index in [2.05, 4.69) is 4.98 Å². The first-order chi connectivity index (χ1) is 8.25. The van der Waals surface area contributed by atoms with E-state index in [0.717, 1.165) is 29.3 Å². The molecule has 3 rings (SSSR count).